The Kier molecular flexibility index (Phi) is 8.49. The number of alkyl halides is 3. The van der Waals surface area contributed by atoms with Crippen molar-refractivity contribution in [2.45, 2.75) is 53.0 Å². The van der Waals surface area contributed by atoms with Gasteiger partial charge in [-0.25, -0.2) is 4.98 Å². The maximum absolute atomic E-state index is 13.7. The first-order valence-corrected chi connectivity index (χ1v) is 14.6. The molecule has 0 spiro atoms. The van der Waals surface area contributed by atoms with Gasteiger partial charge in [0.2, 0.25) is 11.9 Å². The molecule has 228 valence electrons. The fourth-order valence-corrected chi connectivity index (χ4v) is 5.77. The van der Waals surface area contributed by atoms with Gasteiger partial charge in [-0.05, 0) is 38.1 Å². The van der Waals surface area contributed by atoms with Crippen LogP contribution in [0.3, 0.4) is 0 Å². The van der Waals surface area contributed by atoms with Crippen molar-refractivity contribution < 1.29 is 22.8 Å². The van der Waals surface area contributed by atoms with Crippen LogP contribution in [-0.4, -0.2) is 101 Å². The van der Waals surface area contributed by atoms with Gasteiger partial charge in [-0.1, -0.05) is 13.0 Å². The summed E-state index contributed by atoms with van der Waals surface area (Å²) in [6.45, 7) is 14.0. The van der Waals surface area contributed by atoms with Gasteiger partial charge in [-0.3, -0.25) is 9.59 Å². The first kappa shape index (κ1) is 29.9. The summed E-state index contributed by atoms with van der Waals surface area (Å²) in [5.41, 5.74) is 1.63. The third-order valence-corrected chi connectivity index (χ3v) is 8.44. The zero-order valence-corrected chi connectivity index (χ0v) is 24.7. The number of hydrogen-bond acceptors (Lipinski definition) is 8. The van der Waals surface area contributed by atoms with E-state index in [0.29, 0.717) is 74.5 Å². The van der Waals surface area contributed by atoms with Gasteiger partial charge in [0.1, 0.15) is 11.5 Å². The van der Waals surface area contributed by atoms with Crippen molar-refractivity contribution in [3.05, 3.63) is 40.6 Å². The third-order valence-electron chi connectivity index (χ3n) is 8.44. The summed E-state index contributed by atoms with van der Waals surface area (Å²) in [4.78, 5) is 44.4. The number of benzene rings is 1. The molecule has 3 aliphatic heterocycles. The second-order valence-electron chi connectivity index (χ2n) is 11.3. The van der Waals surface area contributed by atoms with Crippen molar-refractivity contribution >= 4 is 29.3 Å². The molecule has 13 heteroatoms. The molecule has 42 heavy (non-hydrogen) atoms. The first-order valence-electron chi connectivity index (χ1n) is 14.6. The van der Waals surface area contributed by atoms with Crippen LogP contribution in [0.2, 0.25) is 0 Å². The van der Waals surface area contributed by atoms with Crippen LogP contribution in [0.25, 0.3) is 0 Å². The molecule has 0 saturated carbocycles. The van der Waals surface area contributed by atoms with Crippen LogP contribution in [0.5, 0.6) is 0 Å². The van der Waals surface area contributed by atoms with Crippen LogP contribution in [0.4, 0.5) is 30.6 Å². The number of piperazine rings is 2. The van der Waals surface area contributed by atoms with Crippen LogP contribution in [0.1, 0.15) is 54.9 Å². The monoisotopic (exact) mass is 588 g/mol. The summed E-state index contributed by atoms with van der Waals surface area (Å²) in [6.07, 6.45) is -4.44. The Labute approximate surface area is 244 Å². The van der Waals surface area contributed by atoms with E-state index in [-0.39, 0.29) is 24.4 Å². The normalized spacial score (nSPS) is 18.2. The Balaban J connectivity index is 1.45. The lowest BCUT2D eigenvalue weighted by atomic mass is 10.1. The fourth-order valence-electron chi connectivity index (χ4n) is 5.77. The largest absolute Gasteiger partial charge is 0.416 e. The molecule has 3 aliphatic rings. The Morgan fingerprint density at radius 1 is 1.00 bits per heavy atom. The van der Waals surface area contributed by atoms with E-state index < -0.39 is 11.7 Å². The van der Waals surface area contributed by atoms with Crippen molar-refractivity contribution in [1.82, 2.24) is 24.7 Å². The second-order valence-corrected chi connectivity index (χ2v) is 11.3. The predicted molar refractivity (Wildman–Crippen MR) is 155 cm³/mol. The van der Waals surface area contributed by atoms with Gasteiger partial charge in [0.15, 0.2) is 0 Å². The number of aromatic nitrogens is 2. The minimum Gasteiger partial charge on any atom is -0.369 e. The molecule has 0 radical (unpaired) electrons. The average Bonchev–Trinajstić information content (AvgIpc) is 3.32. The minimum absolute atomic E-state index is 0.0121. The number of likely N-dealkylation sites (N-methyl/N-ethyl adjacent to an activating group) is 1. The highest BCUT2D eigenvalue weighted by Crippen LogP contribution is 2.35. The maximum Gasteiger partial charge on any atom is 0.416 e. The summed E-state index contributed by atoms with van der Waals surface area (Å²) in [5.74, 6) is 0.750. The lowest BCUT2D eigenvalue weighted by molar-refractivity contribution is -0.137. The van der Waals surface area contributed by atoms with Crippen molar-refractivity contribution in [3.8, 4) is 0 Å². The summed E-state index contributed by atoms with van der Waals surface area (Å²) in [6, 6.07) is 3.86. The van der Waals surface area contributed by atoms with Gasteiger partial charge in [-0.2, -0.15) is 18.2 Å². The van der Waals surface area contributed by atoms with E-state index in [0.717, 1.165) is 31.3 Å². The molecule has 1 N–H and O–H groups in total. The molecule has 0 aliphatic carbocycles. The van der Waals surface area contributed by atoms with E-state index in [1.807, 2.05) is 23.6 Å². The number of rotatable bonds is 7. The zero-order valence-electron chi connectivity index (χ0n) is 24.7. The van der Waals surface area contributed by atoms with Crippen LogP contribution >= 0.6 is 0 Å². The molecule has 2 fully saturated rings. The van der Waals surface area contributed by atoms with Gasteiger partial charge < -0.3 is 29.8 Å². The van der Waals surface area contributed by atoms with Crippen LogP contribution < -0.4 is 15.1 Å². The number of hydrogen-bond donors (Lipinski definition) is 1. The summed E-state index contributed by atoms with van der Waals surface area (Å²) in [5, 5.41) is 3.37. The first-order chi connectivity index (χ1) is 20.0. The maximum atomic E-state index is 13.7. The number of anilines is 3. The average molecular weight is 589 g/mol. The highest BCUT2D eigenvalue weighted by molar-refractivity contribution is 5.98. The molecule has 0 unspecified atom stereocenters. The Hall–Kier alpha value is -3.61. The Bertz CT molecular complexity index is 1320. The molecule has 2 saturated heterocycles. The molecule has 5 rings (SSSR count). The van der Waals surface area contributed by atoms with E-state index in [1.165, 1.54) is 12.1 Å². The van der Waals surface area contributed by atoms with E-state index in [4.69, 9.17) is 4.98 Å². The standard InChI is InChI=1S/C29H39F3N8O2/c1-5-36-8-10-38(11-9-36)24-16-22(29(30,31)32)7-6-21(24)17-33-26-23-18-40(19(2)3)27(42)25(23)34-28(35-26)39-14-12-37(13-15-39)20(4)41/h6-7,16,19H,5,8-15,17-18H2,1-4H3,(H,33,34,35). The van der Waals surface area contributed by atoms with Gasteiger partial charge in [0.05, 0.1) is 12.1 Å². The fraction of sp³-hybridized carbons (Fsp3) is 0.586. The summed E-state index contributed by atoms with van der Waals surface area (Å²) < 4.78 is 41.1. The van der Waals surface area contributed by atoms with Crippen LogP contribution in [-0.2, 0) is 24.1 Å². The highest BCUT2D eigenvalue weighted by atomic mass is 19.4. The number of nitrogens with one attached hydrogen (secondary N) is 1. The lowest BCUT2D eigenvalue weighted by Gasteiger charge is -2.37. The second kappa shape index (κ2) is 11.9. The number of halogens is 3. The van der Waals surface area contributed by atoms with Gasteiger partial charge in [-0.15, -0.1) is 0 Å². The molecule has 10 nitrogen and oxygen atoms in total. The Morgan fingerprint density at radius 3 is 2.26 bits per heavy atom. The van der Waals surface area contributed by atoms with Gasteiger partial charge >= 0.3 is 6.18 Å². The molecule has 1 aromatic carbocycles. The SMILES string of the molecule is CCN1CCN(c2cc(C(F)(F)F)ccc2CNc2nc(N3CCN(C(C)=O)CC3)nc3c2CN(C(C)C)C3=O)CC1. The predicted octanol–water partition coefficient (Wildman–Crippen LogP) is 3.28. The number of fused-ring (bicyclic) bond motifs is 1. The quantitative estimate of drug-likeness (QED) is 0.528. The minimum atomic E-state index is -4.44. The summed E-state index contributed by atoms with van der Waals surface area (Å²) >= 11 is 0. The highest BCUT2D eigenvalue weighted by Gasteiger charge is 2.36. The van der Waals surface area contributed by atoms with Crippen molar-refractivity contribution in [1.29, 1.82) is 0 Å². The summed E-state index contributed by atoms with van der Waals surface area (Å²) in [7, 11) is 0. The molecule has 0 atom stereocenters. The lowest BCUT2D eigenvalue weighted by Crippen LogP contribution is -2.48. The van der Waals surface area contributed by atoms with E-state index in [1.54, 1.807) is 16.7 Å². The van der Waals surface area contributed by atoms with Crippen LogP contribution in [0, 0.1) is 0 Å². The van der Waals surface area contributed by atoms with Gasteiger partial charge in [0.25, 0.3) is 5.91 Å². The number of carbonyl (C=O) groups excluding carboxylic acids is 2. The topological polar surface area (TPSA) is 88.2 Å². The van der Waals surface area contributed by atoms with Crippen molar-refractivity contribution in [2.75, 3.05) is 74.0 Å². The molecular formula is C29H39F3N8O2. The number of nitrogens with zero attached hydrogens (tertiary/aromatic N) is 7. The van der Waals surface area contributed by atoms with Crippen LogP contribution in [0.15, 0.2) is 18.2 Å². The molecule has 1 aromatic heterocycles. The van der Waals surface area contributed by atoms with E-state index in [9.17, 15) is 22.8 Å². The zero-order chi connectivity index (χ0) is 30.2. The molecular weight excluding hydrogens is 549 g/mol. The van der Waals surface area contributed by atoms with E-state index in [2.05, 4.69) is 22.1 Å². The van der Waals surface area contributed by atoms with E-state index >= 15 is 0 Å². The smallest absolute Gasteiger partial charge is 0.369 e. The molecule has 2 amide bonds. The third kappa shape index (κ3) is 6.11. The molecule has 4 heterocycles. The number of amides is 2. The number of carbonyl (C=O) groups is 2. The Morgan fingerprint density at radius 2 is 1.67 bits per heavy atom. The molecule has 0 bridgehead atoms. The molecule has 2 aromatic rings. The van der Waals surface area contributed by atoms with Crippen molar-refractivity contribution in [3.63, 3.8) is 0 Å². The van der Waals surface area contributed by atoms with Crippen molar-refractivity contribution in [2.24, 2.45) is 0 Å². The van der Waals surface area contributed by atoms with Gasteiger partial charge in [0, 0.05) is 83.1 Å².